The summed E-state index contributed by atoms with van der Waals surface area (Å²) in [6, 6.07) is 13.1. The van der Waals surface area contributed by atoms with Crippen LogP contribution in [-0.4, -0.2) is 42.7 Å². The third-order valence-corrected chi connectivity index (χ3v) is 4.12. The maximum absolute atomic E-state index is 12.4. The van der Waals surface area contributed by atoms with Gasteiger partial charge in [0.25, 0.3) is 0 Å². The smallest absolute Gasteiger partial charge is 0.534 e. The molecule has 1 atom stereocenters. The summed E-state index contributed by atoms with van der Waals surface area (Å²) in [5.74, 6) is -2.12. The fourth-order valence-electron chi connectivity index (χ4n) is 2.84. The van der Waals surface area contributed by atoms with E-state index in [-0.39, 0.29) is 17.2 Å². The molecular formula is C19H18BNO7. The molecule has 8 nitrogen and oxygen atoms in total. The Balaban J connectivity index is 1.64. The van der Waals surface area contributed by atoms with E-state index >= 15 is 0 Å². The van der Waals surface area contributed by atoms with Gasteiger partial charge >= 0.3 is 19.1 Å². The van der Waals surface area contributed by atoms with Crippen molar-refractivity contribution in [3.05, 3.63) is 65.2 Å². The van der Waals surface area contributed by atoms with E-state index in [2.05, 4.69) is 5.32 Å². The lowest BCUT2D eigenvalue weighted by molar-refractivity contribution is -0.119. The van der Waals surface area contributed by atoms with Crippen LogP contribution in [0.15, 0.2) is 48.5 Å². The molecule has 0 spiro atoms. The molecule has 0 aliphatic carbocycles. The first-order valence-electron chi connectivity index (χ1n) is 8.58. The molecule has 3 rings (SSSR count). The summed E-state index contributed by atoms with van der Waals surface area (Å²) in [7, 11) is -1.30. The van der Waals surface area contributed by atoms with Crippen LogP contribution in [0.4, 0.5) is 0 Å². The normalized spacial score (nSPS) is 15.1. The van der Waals surface area contributed by atoms with Gasteiger partial charge in [0.15, 0.2) is 0 Å². The lowest BCUT2D eigenvalue weighted by Crippen LogP contribution is -2.52. The Labute approximate surface area is 161 Å². The number of esters is 2. The molecule has 1 aliphatic heterocycles. The van der Waals surface area contributed by atoms with Crippen LogP contribution in [0.2, 0.25) is 0 Å². The third-order valence-electron chi connectivity index (χ3n) is 4.12. The Morgan fingerprint density at radius 2 is 1.82 bits per heavy atom. The van der Waals surface area contributed by atoms with Crippen molar-refractivity contribution in [2.24, 2.45) is 0 Å². The minimum Gasteiger partial charge on any atom is -0.534 e. The van der Waals surface area contributed by atoms with Gasteiger partial charge in [-0.2, -0.15) is 0 Å². The number of nitrogens with one attached hydrogen (secondary N) is 1. The predicted octanol–water partition coefficient (Wildman–Crippen LogP) is 1.12. The number of amides is 1. The van der Waals surface area contributed by atoms with Crippen molar-refractivity contribution in [2.75, 3.05) is 6.79 Å². The fraction of sp³-hybridized carbons (Fsp3) is 0.211. The van der Waals surface area contributed by atoms with Crippen LogP contribution in [0.1, 0.15) is 33.2 Å². The van der Waals surface area contributed by atoms with Crippen molar-refractivity contribution in [3.63, 3.8) is 0 Å². The molecule has 144 valence electrons. The first kappa shape index (κ1) is 19.4. The van der Waals surface area contributed by atoms with E-state index in [4.69, 9.17) is 14.1 Å². The van der Waals surface area contributed by atoms with Gasteiger partial charge in [-0.25, -0.2) is 9.59 Å². The molecule has 28 heavy (non-hydrogen) atoms. The van der Waals surface area contributed by atoms with Crippen LogP contribution in [-0.2, 0) is 20.7 Å². The lowest BCUT2D eigenvalue weighted by Gasteiger charge is -2.28. The average molecular weight is 383 g/mol. The number of carbonyl (C=O) groups is 3. The fourth-order valence-corrected chi connectivity index (χ4v) is 2.84. The highest BCUT2D eigenvalue weighted by Crippen LogP contribution is 2.30. The van der Waals surface area contributed by atoms with E-state index in [0.29, 0.717) is 17.5 Å². The van der Waals surface area contributed by atoms with Crippen LogP contribution in [0.3, 0.4) is 0 Å². The predicted molar refractivity (Wildman–Crippen MR) is 98.5 cm³/mol. The van der Waals surface area contributed by atoms with Crippen LogP contribution < -0.4 is 9.97 Å². The van der Waals surface area contributed by atoms with Crippen LogP contribution in [0.5, 0.6) is 5.75 Å². The first-order valence-corrected chi connectivity index (χ1v) is 8.58. The maximum Gasteiger partial charge on any atom is 0.547 e. The molecule has 2 aromatic carbocycles. The number of fused-ring (bicyclic) bond motifs is 1. The van der Waals surface area contributed by atoms with Crippen molar-refractivity contribution in [2.45, 2.75) is 19.3 Å². The average Bonchev–Trinajstić information content (AvgIpc) is 2.68. The maximum atomic E-state index is 12.4. The van der Waals surface area contributed by atoms with Crippen LogP contribution >= 0.6 is 0 Å². The van der Waals surface area contributed by atoms with Crippen molar-refractivity contribution in [1.29, 1.82) is 0 Å². The van der Waals surface area contributed by atoms with Gasteiger partial charge in [-0.05, 0) is 30.2 Å². The molecule has 0 radical (unpaired) electrons. The molecule has 0 saturated heterocycles. The number of hydrogen-bond acceptors (Lipinski definition) is 7. The summed E-state index contributed by atoms with van der Waals surface area (Å²) < 4.78 is 15.4. The third kappa shape index (κ3) is 4.50. The second-order valence-corrected chi connectivity index (χ2v) is 6.16. The zero-order chi connectivity index (χ0) is 20.1. The SMILES string of the molecule is CC(=O)NC1Cc2cccc(C(=O)OCOC(=O)c3ccccc3)c2OB1O. The van der Waals surface area contributed by atoms with Gasteiger partial charge in [0.1, 0.15) is 11.3 Å². The van der Waals surface area contributed by atoms with Crippen LogP contribution in [0, 0.1) is 0 Å². The van der Waals surface area contributed by atoms with Gasteiger partial charge in [0.05, 0.1) is 11.5 Å². The minimum absolute atomic E-state index is 0.0913. The molecular weight excluding hydrogens is 365 g/mol. The van der Waals surface area contributed by atoms with Gasteiger partial charge in [0.2, 0.25) is 12.7 Å². The molecule has 0 fully saturated rings. The van der Waals surface area contributed by atoms with E-state index < -0.39 is 31.8 Å². The standard InChI is InChI=1S/C19H18BNO7/c1-12(22)21-16-10-14-8-5-9-15(17(14)28-20(16)25)19(24)27-11-26-18(23)13-6-3-2-4-7-13/h2-9,16,25H,10-11H2,1H3,(H,21,22). The van der Waals surface area contributed by atoms with Crippen molar-refractivity contribution >= 4 is 25.0 Å². The van der Waals surface area contributed by atoms with Gasteiger partial charge in [0, 0.05) is 6.92 Å². The lowest BCUT2D eigenvalue weighted by atomic mass is 9.72. The highest BCUT2D eigenvalue weighted by atomic mass is 16.7. The zero-order valence-corrected chi connectivity index (χ0v) is 15.1. The molecule has 9 heteroatoms. The van der Waals surface area contributed by atoms with Gasteiger partial charge in [-0.1, -0.05) is 30.3 Å². The van der Waals surface area contributed by atoms with E-state index in [1.165, 1.54) is 13.0 Å². The molecule has 1 heterocycles. The molecule has 0 bridgehead atoms. The molecule has 1 amide bonds. The summed E-state index contributed by atoms with van der Waals surface area (Å²) >= 11 is 0. The summed E-state index contributed by atoms with van der Waals surface area (Å²) in [6.45, 7) is 0.778. The van der Waals surface area contributed by atoms with Gasteiger partial charge < -0.3 is 24.5 Å². The highest BCUT2D eigenvalue weighted by molar-refractivity contribution is 6.47. The Morgan fingerprint density at radius 1 is 1.11 bits per heavy atom. The summed E-state index contributed by atoms with van der Waals surface area (Å²) in [5.41, 5.74) is 1.07. The molecule has 0 aromatic heterocycles. The van der Waals surface area contributed by atoms with Crippen molar-refractivity contribution < 1.29 is 33.5 Å². The molecule has 1 aliphatic rings. The van der Waals surface area contributed by atoms with Gasteiger partial charge in [-0.3, -0.25) is 4.79 Å². The molecule has 0 saturated carbocycles. The first-order chi connectivity index (χ1) is 13.5. The zero-order valence-electron chi connectivity index (χ0n) is 15.1. The largest absolute Gasteiger partial charge is 0.547 e. The Hall–Kier alpha value is -3.33. The Morgan fingerprint density at radius 3 is 2.54 bits per heavy atom. The minimum atomic E-state index is -1.30. The van der Waals surface area contributed by atoms with E-state index in [1.54, 1.807) is 42.5 Å². The number of hydrogen-bond donors (Lipinski definition) is 2. The number of ether oxygens (including phenoxy) is 2. The number of benzene rings is 2. The van der Waals surface area contributed by atoms with Crippen molar-refractivity contribution in [1.82, 2.24) is 5.32 Å². The number of rotatable bonds is 5. The summed E-state index contributed by atoms with van der Waals surface area (Å²) in [6.07, 6.45) is 0.292. The van der Waals surface area contributed by atoms with E-state index in [0.717, 1.165) is 0 Å². The summed E-state index contributed by atoms with van der Waals surface area (Å²) in [4.78, 5) is 35.4. The number of carbonyl (C=O) groups excluding carboxylic acids is 3. The van der Waals surface area contributed by atoms with E-state index in [9.17, 15) is 19.4 Å². The van der Waals surface area contributed by atoms with Crippen LogP contribution in [0.25, 0.3) is 0 Å². The number of para-hydroxylation sites is 1. The monoisotopic (exact) mass is 383 g/mol. The van der Waals surface area contributed by atoms with Gasteiger partial charge in [-0.15, -0.1) is 0 Å². The Bertz CT molecular complexity index is 887. The quantitative estimate of drug-likeness (QED) is 0.452. The second-order valence-electron chi connectivity index (χ2n) is 6.16. The highest BCUT2D eigenvalue weighted by Gasteiger charge is 2.37. The van der Waals surface area contributed by atoms with E-state index in [1.807, 2.05) is 0 Å². The topological polar surface area (TPSA) is 111 Å². The molecule has 2 aromatic rings. The Kier molecular flexibility index (Phi) is 5.95. The molecule has 2 N–H and O–H groups in total. The molecule has 1 unspecified atom stereocenters. The van der Waals surface area contributed by atoms with Crippen molar-refractivity contribution in [3.8, 4) is 5.75 Å². The second kappa shape index (κ2) is 8.58. The summed E-state index contributed by atoms with van der Waals surface area (Å²) in [5, 5.41) is 12.7.